The standard InChI is InChI=1S/C19H22N2O3/c1-12-5-7-16(14(3)9-12)11-20-19(23)21-17-10-15(18(22)24-4)8-6-13(17)2/h5-10H,11H2,1-4H3,(H2,20,21,23). The number of ether oxygens (including phenoxy) is 1. The highest BCUT2D eigenvalue weighted by Gasteiger charge is 2.10. The zero-order valence-corrected chi connectivity index (χ0v) is 14.4. The van der Waals surface area contributed by atoms with Gasteiger partial charge in [0.2, 0.25) is 0 Å². The highest BCUT2D eigenvalue weighted by atomic mass is 16.5. The van der Waals surface area contributed by atoms with Crippen molar-refractivity contribution in [2.24, 2.45) is 0 Å². The van der Waals surface area contributed by atoms with E-state index in [1.165, 1.54) is 12.7 Å². The van der Waals surface area contributed by atoms with E-state index in [9.17, 15) is 9.59 Å². The molecule has 0 unspecified atom stereocenters. The van der Waals surface area contributed by atoms with Crippen LogP contribution < -0.4 is 10.6 Å². The van der Waals surface area contributed by atoms with Crippen molar-refractivity contribution in [3.63, 3.8) is 0 Å². The molecule has 0 bridgehead atoms. The Bertz CT molecular complexity index is 769. The predicted octanol–water partition coefficient (Wildman–Crippen LogP) is 3.72. The fourth-order valence-electron chi connectivity index (χ4n) is 2.39. The molecule has 0 radical (unpaired) electrons. The van der Waals surface area contributed by atoms with Crippen molar-refractivity contribution in [3.8, 4) is 0 Å². The summed E-state index contributed by atoms with van der Waals surface area (Å²) in [6.45, 7) is 6.36. The van der Waals surface area contributed by atoms with Crippen LogP contribution in [0.5, 0.6) is 0 Å². The summed E-state index contributed by atoms with van der Waals surface area (Å²) in [4.78, 5) is 23.7. The number of methoxy groups -OCH3 is 1. The monoisotopic (exact) mass is 326 g/mol. The minimum absolute atomic E-state index is 0.319. The van der Waals surface area contributed by atoms with Crippen molar-refractivity contribution >= 4 is 17.7 Å². The normalized spacial score (nSPS) is 10.2. The molecule has 2 aromatic carbocycles. The predicted molar refractivity (Wildman–Crippen MR) is 94.3 cm³/mol. The van der Waals surface area contributed by atoms with Gasteiger partial charge in [-0.05, 0) is 49.6 Å². The molecule has 126 valence electrons. The van der Waals surface area contributed by atoms with Crippen LogP contribution in [0.1, 0.15) is 32.6 Å². The number of carbonyl (C=O) groups is 2. The lowest BCUT2D eigenvalue weighted by atomic mass is 10.1. The first-order valence-corrected chi connectivity index (χ1v) is 7.70. The Labute approximate surface area is 142 Å². The van der Waals surface area contributed by atoms with Crippen molar-refractivity contribution in [1.82, 2.24) is 5.32 Å². The number of benzene rings is 2. The summed E-state index contributed by atoms with van der Waals surface area (Å²) >= 11 is 0. The van der Waals surface area contributed by atoms with Gasteiger partial charge in [0.25, 0.3) is 0 Å². The summed E-state index contributed by atoms with van der Waals surface area (Å²) in [6.07, 6.45) is 0. The van der Waals surface area contributed by atoms with Crippen LogP contribution in [0.25, 0.3) is 0 Å². The molecular weight excluding hydrogens is 304 g/mol. The number of carbonyl (C=O) groups excluding carboxylic acids is 2. The molecule has 0 aliphatic rings. The molecule has 0 heterocycles. The van der Waals surface area contributed by atoms with Gasteiger partial charge in [0, 0.05) is 12.2 Å². The summed E-state index contributed by atoms with van der Waals surface area (Å²) in [6, 6.07) is 10.8. The molecule has 0 fully saturated rings. The maximum absolute atomic E-state index is 12.1. The highest BCUT2D eigenvalue weighted by Crippen LogP contribution is 2.17. The second-order valence-corrected chi connectivity index (χ2v) is 5.76. The first-order chi connectivity index (χ1) is 11.4. The Kier molecular flexibility index (Phi) is 5.58. The van der Waals surface area contributed by atoms with E-state index in [1.54, 1.807) is 18.2 Å². The molecule has 0 aromatic heterocycles. The molecule has 24 heavy (non-hydrogen) atoms. The average Bonchev–Trinajstić information content (AvgIpc) is 2.55. The molecule has 0 spiro atoms. The number of rotatable bonds is 4. The summed E-state index contributed by atoms with van der Waals surface area (Å²) in [7, 11) is 1.33. The minimum atomic E-state index is -0.436. The summed E-state index contributed by atoms with van der Waals surface area (Å²) in [5, 5.41) is 5.60. The zero-order chi connectivity index (χ0) is 17.7. The van der Waals surface area contributed by atoms with Crippen LogP contribution in [0, 0.1) is 20.8 Å². The van der Waals surface area contributed by atoms with E-state index in [0.29, 0.717) is 17.8 Å². The molecule has 2 rings (SSSR count). The van der Waals surface area contributed by atoms with Gasteiger partial charge < -0.3 is 15.4 Å². The molecule has 5 nitrogen and oxygen atoms in total. The molecule has 0 aliphatic heterocycles. The van der Waals surface area contributed by atoms with Gasteiger partial charge in [-0.25, -0.2) is 9.59 Å². The fraction of sp³-hybridized carbons (Fsp3) is 0.263. The zero-order valence-electron chi connectivity index (χ0n) is 14.4. The summed E-state index contributed by atoms with van der Waals surface area (Å²) in [5.74, 6) is -0.436. The Morgan fingerprint density at radius 1 is 1.00 bits per heavy atom. The van der Waals surface area contributed by atoms with Crippen molar-refractivity contribution < 1.29 is 14.3 Å². The van der Waals surface area contributed by atoms with Crippen molar-refractivity contribution in [1.29, 1.82) is 0 Å². The maximum Gasteiger partial charge on any atom is 0.337 e. The van der Waals surface area contributed by atoms with Crippen LogP contribution >= 0.6 is 0 Å². The van der Waals surface area contributed by atoms with E-state index in [1.807, 2.05) is 32.9 Å². The molecule has 2 N–H and O–H groups in total. The maximum atomic E-state index is 12.1. The summed E-state index contributed by atoms with van der Waals surface area (Å²) < 4.78 is 4.70. The molecule has 0 saturated carbocycles. The molecule has 2 aromatic rings. The van der Waals surface area contributed by atoms with Crippen LogP contribution in [0.15, 0.2) is 36.4 Å². The molecule has 5 heteroatoms. The topological polar surface area (TPSA) is 67.4 Å². The van der Waals surface area contributed by atoms with Crippen LogP contribution in [-0.2, 0) is 11.3 Å². The van der Waals surface area contributed by atoms with Crippen LogP contribution in [0.2, 0.25) is 0 Å². The van der Waals surface area contributed by atoms with Crippen LogP contribution in [0.4, 0.5) is 10.5 Å². The molecule has 0 aliphatic carbocycles. The lowest BCUT2D eigenvalue weighted by Crippen LogP contribution is -2.28. The van der Waals surface area contributed by atoms with E-state index in [0.717, 1.165) is 16.7 Å². The Morgan fingerprint density at radius 2 is 1.75 bits per heavy atom. The third-order valence-corrected chi connectivity index (χ3v) is 3.84. The Hall–Kier alpha value is -2.82. The van der Waals surface area contributed by atoms with Crippen molar-refractivity contribution in [2.45, 2.75) is 27.3 Å². The van der Waals surface area contributed by atoms with Gasteiger partial charge in [0.1, 0.15) is 0 Å². The lowest BCUT2D eigenvalue weighted by Gasteiger charge is -2.12. The SMILES string of the molecule is COC(=O)c1ccc(C)c(NC(=O)NCc2ccc(C)cc2C)c1. The molecular formula is C19H22N2O3. The average molecular weight is 326 g/mol. The number of nitrogens with one attached hydrogen (secondary N) is 2. The van der Waals surface area contributed by atoms with Gasteiger partial charge in [-0.3, -0.25) is 0 Å². The van der Waals surface area contributed by atoms with Crippen molar-refractivity contribution in [3.05, 3.63) is 64.2 Å². The quantitative estimate of drug-likeness (QED) is 0.842. The van der Waals surface area contributed by atoms with Gasteiger partial charge in [-0.1, -0.05) is 29.8 Å². The number of urea groups is 1. The van der Waals surface area contributed by atoms with Gasteiger partial charge in [0.05, 0.1) is 12.7 Å². The smallest absolute Gasteiger partial charge is 0.337 e. The van der Waals surface area contributed by atoms with E-state index in [2.05, 4.69) is 16.7 Å². The molecule has 0 atom stereocenters. The van der Waals surface area contributed by atoms with E-state index in [4.69, 9.17) is 4.74 Å². The number of esters is 1. The van der Waals surface area contributed by atoms with Gasteiger partial charge in [-0.2, -0.15) is 0 Å². The third kappa shape index (κ3) is 4.35. The molecule has 0 saturated heterocycles. The van der Waals surface area contributed by atoms with Crippen LogP contribution in [0.3, 0.4) is 0 Å². The van der Waals surface area contributed by atoms with E-state index < -0.39 is 5.97 Å². The van der Waals surface area contributed by atoms with E-state index in [-0.39, 0.29) is 6.03 Å². The first-order valence-electron chi connectivity index (χ1n) is 7.70. The molecule has 2 amide bonds. The minimum Gasteiger partial charge on any atom is -0.465 e. The largest absolute Gasteiger partial charge is 0.465 e. The number of anilines is 1. The lowest BCUT2D eigenvalue weighted by molar-refractivity contribution is 0.0600. The summed E-state index contributed by atoms with van der Waals surface area (Å²) in [5.41, 5.74) is 5.24. The highest BCUT2D eigenvalue weighted by molar-refractivity contribution is 5.94. The fourth-order valence-corrected chi connectivity index (χ4v) is 2.39. The number of hydrogen-bond donors (Lipinski definition) is 2. The van der Waals surface area contributed by atoms with Crippen LogP contribution in [-0.4, -0.2) is 19.1 Å². The van der Waals surface area contributed by atoms with Gasteiger partial charge >= 0.3 is 12.0 Å². The third-order valence-electron chi connectivity index (χ3n) is 3.84. The Balaban J connectivity index is 2.03. The Morgan fingerprint density at radius 3 is 2.42 bits per heavy atom. The number of aryl methyl sites for hydroxylation is 3. The number of amides is 2. The first kappa shape index (κ1) is 17.5. The number of hydrogen-bond acceptors (Lipinski definition) is 3. The van der Waals surface area contributed by atoms with Gasteiger partial charge in [0.15, 0.2) is 0 Å². The van der Waals surface area contributed by atoms with Gasteiger partial charge in [-0.15, -0.1) is 0 Å². The second-order valence-electron chi connectivity index (χ2n) is 5.76. The second kappa shape index (κ2) is 7.64. The van der Waals surface area contributed by atoms with Crippen molar-refractivity contribution in [2.75, 3.05) is 12.4 Å². The van der Waals surface area contributed by atoms with E-state index >= 15 is 0 Å².